The number of carbonyl (C=O) groups excluding carboxylic acids is 1. The molecule has 5 heavy (non-hydrogen) atoms. The summed E-state index contributed by atoms with van der Waals surface area (Å²) in [5.74, 6) is 4.16. The van der Waals surface area contributed by atoms with Gasteiger partial charge >= 0.3 is 44.2 Å². The SMILES string of the molecule is NOC=O.[Ca+2].[H-].[H-]. The van der Waals surface area contributed by atoms with E-state index in [9.17, 15) is 0 Å². The number of rotatable bonds is 1. The molecular weight excluding hydrogens is 98.1 g/mol. The van der Waals surface area contributed by atoms with Crippen LogP contribution in [0.1, 0.15) is 2.85 Å². The van der Waals surface area contributed by atoms with Gasteiger partial charge in [-0.2, -0.15) is 5.90 Å². The van der Waals surface area contributed by atoms with Crippen LogP contribution in [0.25, 0.3) is 0 Å². The van der Waals surface area contributed by atoms with Crippen molar-refractivity contribution in [1.29, 1.82) is 0 Å². The summed E-state index contributed by atoms with van der Waals surface area (Å²) in [5.41, 5.74) is 0. The summed E-state index contributed by atoms with van der Waals surface area (Å²) in [6.07, 6.45) is 0. The van der Waals surface area contributed by atoms with Crippen LogP contribution in [0.2, 0.25) is 0 Å². The van der Waals surface area contributed by atoms with Gasteiger partial charge in [0.2, 0.25) is 0 Å². The van der Waals surface area contributed by atoms with Crippen LogP contribution >= 0.6 is 0 Å². The second-order valence-corrected chi connectivity index (χ2v) is 0.232. The largest absolute Gasteiger partial charge is 2.00 e. The van der Waals surface area contributed by atoms with E-state index in [0.29, 0.717) is 0 Å². The van der Waals surface area contributed by atoms with Crippen LogP contribution in [0.4, 0.5) is 0 Å². The molecule has 0 atom stereocenters. The zero-order valence-corrected chi connectivity index (χ0v) is 4.89. The molecule has 0 aromatic heterocycles. The Labute approximate surface area is 62.4 Å². The Balaban J connectivity index is -0.0000000150. The minimum Gasteiger partial charge on any atom is -1.00 e. The second kappa shape index (κ2) is 8.83. The van der Waals surface area contributed by atoms with Gasteiger partial charge in [0.25, 0.3) is 0 Å². The van der Waals surface area contributed by atoms with Crippen LogP contribution in [0, 0.1) is 0 Å². The van der Waals surface area contributed by atoms with E-state index < -0.39 is 0 Å². The van der Waals surface area contributed by atoms with E-state index in [2.05, 4.69) is 10.7 Å². The molecule has 0 fully saturated rings. The van der Waals surface area contributed by atoms with Crippen LogP contribution in [-0.2, 0) is 9.63 Å². The standard InChI is InChI=1S/CH3NO2.Ca.2H/c2-4-1-3;;;/h1H,2H2;;;/q;+2;2*-1. The predicted molar refractivity (Wildman–Crippen MR) is 19.3 cm³/mol. The Kier molecular flexibility index (Phi) is 16.2. The summed E-state index contributed by atoms with van der Waals surface area (Å²) >= 11 is 0. The minimum atomic E-state index is 0. The third-order valence-corrected chi connectivity index (χ3v) is 0.0556. The molecule has 0 aliphatic rings. The van der Waals surface area contributed by atoms with Crippen molar-refractivity contribution in [2.75, 3.05) is 0 Å². The fraction of sp³-hybridized carbons (Fsp3) is 0. The maximum Gasteiger partial charge on any atom is 2.00 e. The van der Waals surface area contributed by atoms with Gasteiger partial charge in [-0.15, -0.1) is 0 Å². The first-order valence-corrected chi connectivity index (χ1v) is 0.707. The summed E-state index contributed by atoms with van der Waals surface area (Å²) in [4.78, 5) is 12.2. The Bertz CT molecular complexity index is 29.7. The van der Waals surface area contributed by atoms with Crippen molar-refractivity contribution in [1.82, 2.24) is 0 Å². The minimum absolute atomic E-state index is 0. The monoisotopic (exact) mass is 103 g/mol. The predicted octanol–water partition coefficient (Wildman–Crippen LogP) is -1.12. The van der Waals surface area contributed by atoms with Crippen molar-refractivity contribution < 1.29 is 12.5 Å². The summed E-state index contributed by atoms with van der Waals surface area (Å²) in [7, 11) is 0. The van der Waals surface area contributed by atoms with Crippen LogP contribution in [0.3, 0.4) is 0 Å². The van der Waals surface area contributed by atoms with E-state index >= 15 is 0 Å². The average Bonchev–Trinajstić information content (AvgIpc) is 1.37. The number of hydrogen-bond acceptors (Lipinski definition) is 3. The molecule has 28 valence electrons. The van der Waals surface area contributed by atoms with Gasteiger partial charge in [0.05, 0.1) is 0 Å². The molecule has 2 N–H and O–H groups in total. The van der Waals surface area contributed by atoms with Crippen LogP contribution < -0.4 is 5.90 Å². The second-order valence-electron chi connectivity index (χ2n) is 0.232. The van der Waals surface area contributed by atoms with Crippen molar-refractivity contribution >= 4 is 44.2 Å². The summed E-state index contributed by atoms with van der Waals surface area (Å²) in [6, 6.07) is 0. The van der Waals surface area contributed by atoms with Crippen molar-refractivity contribution in [3.63, 3.8) is 0 Å². The van der Waals surface area contributed by atoms with E-state index in [1.165, 1.54) is 0 Å². The van der Waals surface area contributed by atoms with Gasteiger partial charge in [0.1, 0.15) is 0 Å². The van der Waals surface area contributed by atoms with Crippen molar-refractivity contribution in [3.8, 4) is 0 Å². The molecule has 0 rings (SSSR count). The summed E-state index contributed by atoms with van der Waals surface area (Å²) in [6.45, 7) is 0.153. The van der Waals surface area contributed by atoms with Gasteiger partial charge in [0, 0.05) is 0 Å². The zero-order chi connectivity index (χ0) is 3.41. The fourth-order valence-corrected chi connectivity index (χ4v) is 0. The van der Waals surface area contributed by atoms with E-state index in [1.54, 1.807) is 0 Å². The van der Waals surface area contributed by atoms with Crippen molar-refractivity contribution in [2.45, 2.75) is 0 Å². The Morgan fingerprint density at radius 1 is 2.00 bits per heavy atom. The number of nitrogens with two attached hydrogens (primary N) is 1. The normalized spacial score (nSPS) is 4.20. The number of hydrogen-bond donors (Lipinski definition) is 1. The molecule has 0 heterocycles. The van der Waals surface area contributed by atoms with E-state index in [-0.39, 0.29) is 47.1 Å². The first kappa shape index (κ1) is 9.19. The molecule has 0 saturated heterocycles. The molecule has 0 amide bonds. The van der Waals surface area contributed by atoms with Crippen LogP contribution in [0.15, 0.2) is 0 Å². The third-order valence-electron chi connectivity index (χ3n) is 0.0556. The van der Waals surface area contributed by atoms with Crippen molar-refractivity contribution in [3.05, 3.63) is 0 Å². The Hall–Kier alpha value is 0.690. The molecule has 0 unspecified atom stereocenters. The van der Waals surface area contributed by atoms with Crippen LogP contribution in [0.5, 0.6) is 0 Å². The van der Waals surface area contributed by atoms with Crippen LogP contribution in [-0.4, -0.2) is 44.2 Å². The molecule has 0 aliphatic heterocycles. The molecule has 0 saturated carbocycles. The maximum absolute atomic E-state index is 8.83. The third kappa shape index (κ3) is 11.9. The van der Waals surface area contributed by atoms with E-state index in [0.717, 1.165) is 0 Å². The molecule has 0 aromatic carbocycles. The molecule has 0 aliphatic carbocycles. The maximum atomic E-state index is 8.83. The van der Waals surface area contributed by atoms with Gasteiger partial charge < -0.3 is 7.69 Å². The Morgan fingerprint density at radius 2 is 2.20 bits per heavy atom. The topological polar surface area (TPSA) is 52.3 Å². The molecule has 3 nitrogen and oxygen atoms in total. The smallest absolute Gasteiger partial charge is 1.00 e. The summed E-state index contributed by atoms with van der Waals surface area (Å²) < 4.78 is 0. The first-order valence-electron chi connectivity index (χ1n) is 0.707. The van der Waals surface area contributed by atoms with E-state index in [4.69, 9.17) is 4.79 Å². The number of carbonyl (C=O) groups is 1. The Morgan fingerprint density at radius 3 is 2.20 bits per heavy atom. The van der Waals surface area contributed by atoms with Gasteiger partial charge in [-0.1, -0.05) is 0 Å². The molecular formula is CH5CaNO2. The average molecular weight is 103 g/mol. The van der Waals surface area contributed by atoms with Gasteiger partial charge in [-0.25, -0.2) is 0 Å². The first-order chi connectivity index (χ1) is 1.91. The molecule has 4 heteroatoms. The van der Waals surface area contributed by atoms with Gasteiger partial charge in [-0.05, 0) is 0 Å². The zero-order valence-electron chi connectivity index (χ0n) is 4.68. The molecule has 0 spiro atoms. The molecule has 0 aromatic rings. The summed E-state index contributed by atoms with van der Waals surface area (Å²) in [5, 5.41) is 0. The van der Waals surface area contributed by atoms with Gasteiger partial charge in [0.15, 0.2) is 0 Å². The quantitative estimate of drug-likeness (QED) is 0.260. The van der Waals surface area contributed by atoms with E-state index in [1.807, 2.05) is 0 Å². The van der Waals surface area contributed by atoms with Gasteiger partial charge in [-0.3, -0.25) is 4.79 Å². The molecule has 0 bridgehead atoms. The van der Waals surface area contributed by atoms with Crippen molar-refractivity contribution in [2.24, 2.45) is 5.90 Å². The molecule has 0 radical (unpaired) electrons. The fourth-order valence-electron chi connectivity index (χ4n) is 0.